The van der Waals surface area contributed by atoms with E-state index >= 15 is 0 Å². The Morgan fingerprint density at radius 3 is 2.17 bits per heavy atom. The van der Waals surface area contributed by atoms with Crippen molar-refractivity contribution in [1.82, 2.24) is 10.2 Å². The number of nitrogens with zero attached hydrogens (tertiary/aromatic N) is 1. The minimum atomic E-state index is -0.249. The first-order chi connectivity index (χ1) is 17.7. The summed E-state index contributed by atoms with van der Waals surface area (Å²) in [6, 6.07) is 27.1. The van der Waals surface area contributed by atoms with Crippen molar-refractivity contribution < 1.29 is 9.53 Å². The third-order valence-corrected chi connectivity index (χ3v) is 5.49. The summed E-state index contributed by atoms with van der Waals surface area (Å²) in [6.07, 6.45) is 2.06. The maximum atomic E-state index is 12.3. The van der Waals surface area contributed by atoms with Crippen molar-refractivity contribution in [3.05, 3.63) is 95.6 Å². The molecule has 0 aliphatic carbocycles. The van der Waals surface area contributed by atoms with Gasteiger partial charge in [-0.05, 0) is 47.3 Å². The molecule has 1 N–H and O–H groups in total. The molecule has 196 valence electrons. The number of ether oxygens (including phenoxy) is 1. The van der Waals surface area contributed by atoms with Gasteiger partial charge in [0.25, 0.3) is 0 Å². The van der Waals surface area contributed by atoms with E-state index in [9.17, 15) is 4.79 Å². The smallest absolute Gasteiger partial charge is 0.410 e. The standard InChI is InChI=1S/C26H28N2O2.2C2H6.CH3Cl/c1-2-27-16-15-20-7-6-10-24(17-20)22-13-11-21(12-14-22)18-28-19-25(30-26(28)29)23-8-4-3-5-9-23;3*1-2/h3-14,17,25,27H,2,15-16,18-19H2,1H3;2*1-2H3;1H3. The van der Waals surface area contributed by atoms with Gasteiger partial charge in [0.15, 0.2) is 0 Å². The highest BCUT2D eigenvalue weighted by Gasteiger charge is 2.32. The first-order valence-corrected chi connectivity index (χ1v) is 13.8. The molecule has 1 saturated heterocycles. The van der Waals surface area contributed by atoms with E-state index in [2.05, 4.69) is 72.4 Å². The van der Waals surface area contributed by atoms with Crippen LogP contribution in [0.1, 0.15) is 57.4 Å². The third-order valence-electron chi connectivity index (χ3n) is 5.49. The van der Waals surface area contributed by atoms with E-state index in [-0.39, 0.29) is 12.2 Å². The Labute approximate surface area is 223 Å². The normalized spacial score (nSPS) is 13.8. The third kappa shape index (κ3) is 9.67. The fraction of sp³-hybridized carbons (Fsp3) is 0.387. The molecule has 5 heteroatoms. The van der Waals surface area contributed by atoms with Gasteiger partial charge in [-0.2, -0.15) is 0 Å². The SMILES string of the molecule is CC.CC.CCNCCc1cccc(-c2ccc(CN3CC(c4ccccc4)OC3=O)cc2)c1.CCl. The number of benzene rings is 3. The minimum absolute atomic E-state index is 0.192. The average molecular weight is 511 g/mol. The number of hydrogen-bond donors (Lipinski definition) is 1. The van der Waals surface area contributed by atoms with Crippen molar-refractivity contribution in [3.63, 3.8) is 0 Å². The van der Waals surface area contributed by atoms with E-state index in [0.717, 1.165) is 30.6 Å². The molecule has 3 aromatic carbocycles. The predicted molar refractivity (Wildman–Crippen MR) is 155 cm³/mol. The fourth-order valence-electron chi connectivity index (χ4n) is 3.82. The highest BCUT2D eigenvalue weighted by molar-refractivity contribution is 6.15. The van der Waals surface area contributed by atoms with Crippen molar-refractivity contribution >= 4 is 17.7 Å². The fourth-order valence-corrected chi connectivity index (χ4v) is 3.82. The van der Waals surface area contributed by atoms with Gasteiger partial charge < -0.3 is 10.1 Å². The van der Waals surface area contributed by atoms with Crippen LogP contribution in [0.4, 0.5) is 4.79 Å². The molecule has 1 unspecified atom stereocenters. The lowest BCUT2D eigenvalue weighted by Gasteiger charge is -2.13. The first-order valence-electron chi connectivity index (χ1n) is 13.0. The Hall–Kier alpha value is -2.82. The lowest BCUT2D eigenvalue weighted by molar-refractivity contribution is 0.132. The van der Waals surface area contributed by atoms with Gasteiger partial charge in [-0.15, -0.1) is 11.6 Å². The summed E-state index contributed by atoms with van der Waals surface area (Å²) >= 11 is 4.64. The number of nitrogens with one attached hydrogen (secondary N) is 1. The number of likely N-dealkylation sites (N-methyl/N-ethyl adjacent to an activating group) is 1. The van der Waals surface area contributed by atoms with Crippen molar-refractivity contribution in [2.45, 2.75) is 53.7 Å². The van der Waals surface area contributed by atoms with E-state index in [4.69, 9.17) is 4.74 Å². The quantitative estimate of drug-likeness (QED) is 0.246. The monoisotopic (exact) mass is 510 g/mol. The highest BCUT2D eigenvalue weighted by Crippen LogP contribution is 2.28. The van der Waals surface area contributed by atoms with Crippen LogP contribution in [0, 0.1) is 0 Å². The van der Waals surface area contributed by atoms with Crippen molar-refractivity contribution in [2.24, 2.45) is 0 Å². The number of carbonyl (C=O) groups is 1. The van der Waals surface area contributed by atoms with Gasteiger partial charge in [-0.3, -0.25) is 4.90 Å². The van der Waals surface area contributed by atoms with Gasteiger partial charge in [0.2, 0.25) is 0 Å². The van der Waals surface area contributed by atoms with E-state index in [0.29, 0.717) is 13.1 Å². The summed E-state index contributed by atoms with van der Waals surface area (Å²) in [7, 11) is 0. The van der Waals surface area contributed by atoms with Crippen molar-refractivity contribution in [2.75, 3.05) is 26.0 Å². The van der Waals surface area contributed by atoms with E-state index < -0.39 is 0 Å². The van der Waals surface area contributed by atoms with Gasteiger partial charge in [0.05, 0.1) is 6.54 Å². The van der Waals surface area contributed by atoms with Crippen LogP contribution in [0.3, 0.4) is 0 Å². The molecule has 1 atom stereocenters. The van der Waals surface area contributed by atoms with Gasteiger partial charge >= 0.3 is 6.09 Å². The summed E-state index contributed by atoms with van der Waals surface area (Å²) in [5, 5.41) is 3.37. The molecule has 0 saturated carbocycles. The number of hydrogen-bond acceptors (Lipinski definition) is 3. The number of halogens is 1. The van der Waals surface area contributed by atoms with Crippen LogP contribution in [0.15, 0.2) is 78.9 Å². The highest BCUT2D eigenvalue weighted by atomic mass is 35.5. The molecule has 3 aromatic rings. The maximum absolute atomic E-state index is 12.3. The largest absolute Gasteiger partial charge is 0.439 e. The predicted octanol–water partition coefficient (Wildman–Crippen LogP) is 8.11. The van der Waals surface area contributed by atoms with Crippen LogP contribution in [0.25, 0.3) is 11.1 Å². The number of alkyl halides is 1. The van der Waals surface area contributed by atoms with Gasteiger partial charge in [0, 0.05) is 12.9 Å². The Balaban J connectivity index is 0.00000101. The first kappa shape index (κ1) is 31.2. The van der Waals surface area contributed by atoms with Crippen molar-refractivity contribution in [1.29, 1.82) is 0 Å². The molecule has 1 fully saturated rings. The molecule has 4 rings (SSSR count). The van der Waals surface area contributed by atoms with Crippen LogP contribution in [-0.4, -0.2) is 37.0 Å². The summed E-state index contributed by atoms with van der Waals surface area (Å²) < 4.78 is 5.56. The van der Waals surface area contributed by atoms with Crippen LogP contribution in [0.2, 0.25) is 0 Å². The Morgan fingerprint density at radius 1 is 0.861 bits per heavy atom. The molecule has 1 aliphatic heterocycles. The molecule has 1 aliphatic rings. The number of rotatable bonds is 8. The minimum Gasteiger partial charge on any atom is -0.439 e. The van der Waals surface area contributed by atoms with Crippen LogP contribution < -0.4 is 5.32 Å². The Kier molecular flexibility index (Phi) is 16.0. The molecular weight excluding hydrogens is 468 g/mol. The molecule has 36 heavy (non-hydrogen) atoms. The zero-order valence-electron chi connectivity index (χ0n) is 22.8. The molecule has 0 spiro atoms. The van der Waals surface area contributed by atoms with Gasteiger partial charge in [-0.1, -0.05) is 113 Å². The number of cyclic esters (lactones) is 1. The Morgan fingerprint density at radius 2 is 1.53 bits per heavy atom. The summed E-state index contributed by atoms with van der Waals surface area (Å²) in [5.41, 5.74) is 5.89. The van der Waals surface area contributed by atoms with Gasteiger partial charge in [0.1, 0.15) is 6.10 Å². The molecule has 0 aromatic heterocycles. The maximum Gasteiger partial charge on any atom is 0.410 e. The van der Waals surface area contributed by atoms with E-state index in [1.165, 1.54) is 23.1 Å². The average Bonchev–Trinajstić information content (AvgIpc) is 3.33. The second-order valence-corrected chi connectivity index (χ2v) is 7.66. The second-order valence-electron chi connectivity index (χ2n) is 7.66. The molecule has 1 amide bonds. The van der Waals surface area contributed by atoms with Crippen LogP contribution in [-0.2, 0) is 17.7 Å². The molecule has 1 heterocycles. The summed E-state index contributed by atoms with van der Waals surface area (Å²) in [4.78, 5) is 14.1. The summed E-state index contributed by atoms with van der Waals surface area (Å²) in [5.74, 6) is 0. The topological polar surface area (TPSA) is 41.6 Å². The van der Waals surface area contributed by atoms with E-state index in [1.807, 2.05) is 58.0 Å². The Bertz CT molecular complexity index is 977. The molecule has 4 nitrogen and oxygen atoms in total. The second kappa shape index (κ2) is 18.4. The zero-order valence-corrected chi connectivity index (χ0v) is 23.5. The van der Waals surface area contributed by atoms with Crippen LogP contribution in [0.5, 0.6) is 0 Å². The lowest BCUT2D eigenvalue weighted by Crippen LogP contribution is -2.23. The van der Waals surface area contributed by atoms with E-state index in [1.54, 1.807) is 4.90 Å². The molecule has 0 radical (unpaired) electrons. The summed E-state index contributed by atoms with van der Waals surface area (Å²) in [6.45, 7) is 13.3. The van der Waals surface area contributed by atoms with Crippen molar-refractivity contribution in [3.8, 4) is 11.1 Å². The number of amides is 1. The lowest BCUT2D eigenvalue weighted by atomic mass is 10.0. The molecule has 0 bridgehead atoms. The molecular formula is C31H43ClN2O2. The van der Waals surface area contributed by atoms with Gasteiger partial charge in [-0.25, -0.2) is 4.79 Å². The zero-order chi connectivity index (χ0) is 26.8. The number of carbonyl (C=O) groups excluding carboxylic acids is 1. The van der Waals surface area contributed by atoms with Crippen LogP contribution >= 0.6 is 11.6 Å².